The van der Waals surface area contributed by atoms with Crippen molar-refractivity contribution in [1.82, 2.24) is 25.2 Å². The molecule has 1 N–H and O–H groups in total. The lowest BCUT2D eigenvalue weighted by Crippen LogP contribution is -2.32. The van der Waals surface area contributed by atoms with Crippen molar-refractivity contribution in [2.45, 2.75) is 32.7 Å². The Morgan fingerprint density at radius 2 is 2.40 bits per heavy atom. The summed E-state index contributed by atoms with van der Waals surface area (Å²) in [6, 6.07) is -0.420. The van der Waals surface area contributed by atoms with E-state index in [0.29, 0.717) is 29.7 Å². The van der Waals surface area contributed by atoms with Crippen LogP contribution >= 0.6 is 11.6 Å². The monoisotopic (exact) mass is 297 g/mol. The molecule has 0 radical (unpaired) electrons. The van der Waals surface area contributed by atoms with Crippen LogP contribution in [0.4, 0.5) is 0 Å². The molecule has 0 aliphatic heterocycles. The van der Waals surface area contributed by atoms with Gasteiger partial charge in [-0.15, -0.1) is 0 Å². The van der Waals surface area contributed by atoms with Crippen LogP contribution in [0.25, 0.3) is 0 Å². The molecule has 8 heteroatoms. The lowest BCUT2D eigenvalue weighted by atomic mass is 10.3. The average molecular weight is 298 g/mol. The fourth-order valence-electron chi connectivity index (χ4n) is 1.62. The van der Waals surface area contributed by atoms with Crippen LogP contribution < -0.4 is 5.32 Å². The number of hydrogen-bond donors (Lipinski definition) is 1. The predicted molar refractivity (Wildman–Crippen MR) is 72.3 cm³/mol. The summed E-state index contributed by atoms with van der Waals surface area (Å²) in [4.78, 5) is 16.1. The van der Waals surface area contributed by atoms with Gasteiger partial charge in [-0.05, 0) is 6.92 Å². The molecule has 2 rings (SSSR count). The van der Waals surface area contributed by atoms with Gasteiger partial charge in [-0.2, -0.15) is 10.1 Å². The minimum Gasteiger partial charge on any atom is -0.354 e. The number of rotatable bonds is 6. The van der Waals surface area contributed by atoms with Crippen molar-refractivity contribution in [3.8, 4) is 0 Å². The second kappa shape index (κ2) is 6.51. The van der Waals surface area contributed by atoms with Crippen molar-refractivity contribution in [2.75, 3.05) is 6.54 Å². The normalized spacial score (nSPS) is 12.3. The van der Waals surface area contributed by atoms with Crippen molar-refractivity contribution in [3.05, 3.63) is 29.1 Å². The molecule has 0 aliphatic carbocycles. The Bertz CT molecular complexity index is 580. The van der Waals surface area contributed by atoms with E-state index in [1.54, 1.807) is 13.1 Å². The number of halogens is 1. The lowest BCUT2D eigenvalue weighted by Gasteiger charge is -2.11. The first-order valence-corrected chi connectivity index (χ1v) is 6.76. The molecule has 20 heavy (non-hydrogen) atoms. The van der Waals surface area contributed by atoms with Gasteiger partial charge in [0, 0.05) is 25.6 Å². The summed E-state index contributed by atoms with van der Waals surface area (Å²) >= 11 is 5.77. The van der Waals surface area contributed by atoms with Gasteiger partial charge >= 0.3 is 0 Å². The summed E-state index contributed by atoms with van der Waals surface area (Å²) in [7, 11) is 0. The summed E-state index contributed by atoms with van der Waals surface area (Å²) < 4.78 is 6.55. The molecule has 0 saturated heterocycles. The van der Waals surface area contributed by atoms with E-state index in [1.165, 1.54) is 10.9 Å². The number of carbonyl (C=O) groups excluding carboxylic acids is 1. The third-order valence-corrected chi connectivity index (χ3v) is 3.01. The zero-order valence-corrected chi connectivity index (χ0v) is 12.1. The fourth-order valence-corrected chi connectivity index (χ4v) is 1.77. The summed E-state index contributed by atoms with van der Waals surface area (Å²) in [5.74, 6) is 1.06. The van der Waals surface area contributed by atoms with Crippen LogP contribution in [0, 0.1) is 0 Å². The second-order valence-corrected chi connectivity index (χ2v) is 4.75. The minimum absolute atomic E-state index is 0.139. The van der Waals surface area contributed by atoms with E-state index in [1.807, 2.05) is 6.92 Å². The van der Waals surface area contributed by atoms with Crippen LogP contribution in [-0.4, -0.2) is 32.4 Å². The number of nitrogens with one attached hydrogen (secondary N) is 1. The highest BCUT2D eigenvalue weighted by Crippen LogP contribution is 2.10. The topological polar surface area (TPSA) is 85.8 Å². The van der Waals surface area contributed by atoms with Gasteiger partial charge in [0.05, 0.1) is 11.2 Å². The molecule has 108 valence electrons. The number of hydrogen-bond acceptors (Lipinski definition) is 5. The Morgan fingerprint density at radius 1 is 1.60 bits per heavy atom. The van der Waals surface area contributed by atoms with E-state index in [0.717, 1.165) is 6.42 Å². The SMILES string of the molecule is CCc1noc(CCNC(=O)[C@@H](C)n2cc(Cl)cn2)n1. The molecule has 0 unspecified atom stereocenters. The maximum Gasteiger partial charge on any atom is 0.244 e. The van der Waals surface area contributed by atoms with Crippen LogP contribution in [-0.2, 0) is 17.6 Å². The van der Waals surface area contributed by atoms with Gasteiger partial charge in [0.25, 0.3) is 0 Å². The van der Waals surface area contributed by atoms with E-state index in [2.05, 4.69) is 20.6 Å². The standard InChI is InChI=1S/C12H16ClN5O2/c1-3-10-16-11(20-17-10)4-5-14-12(19)8(2)18-7-9(13)6-15-18/h6-8H,3-5H2,1-2H3,(H,14,19)/t8-/m1/s1. The Hall–Kier alpha value is -1.89. The second-order valence-electron chi connectivity index (χ2n) is 4.31. The van der Waals surface area contributed by atoms with Gasteiger partial charge in [-0.3, -0.25) is 9.48 Å². The third-order valence-electron chi connectivity index (χ3n) is 2.81. The van der Waals surface area contributed by atoms with Crippen LogP contribution in [0.3, 0.4) is 0 Å². The van der Waals surface area contributed by atoms with Gasteiger partial charge in [-0.1, -0.05) is 23.7 Å². The molecular formula is C12H16ClN5O2. The van der Waals surface area contributed by atoms with E-state index in [9.17, 15) is 4.79 Å². The molecule has 1 amide bonds. The van der Waals surface area contributed by atoms with E-state index < -0.39 is 6.04 Å². The molecule has 7 nitrogen and oxygen atoms in total. The quantitative estimate of drug-likeness (QED) is 0.871. The summed E-state index contributed by atoms with van der Waals surface area (Å²) in [6.45, 7) is 4.14. The van der Waals surface area contributed by atoms with E-state index in [-0.39, 0.29) is 5.91 Å². The van der Waals surface area contributed by atoms with Gasteiger partial charge in [0.1, 0.15) is 6.04 Å². The Balaban J connectivity index is 1.80. The molecule has 2 heterocycles. The van der Waals surface area contributed by atoms with Gasteiger partial charge in [0.15, 0.2) is 5.82 Å². The highest BCUT2D eigenvalue weighted by molar-refractivity contribution is 6.30. The fraction of sp³-hybridized carbons (Fsp3) is 0.500. The minimum atomic E-state index is -0.420. The molecule has 0 bridgehead atoms. The molecule has 0 aromatic carbocycles. The molecule has 0 fully saturated rings. The van der Waals surface area contributed by atoms with E-state index >= 15 is 0 Å². The van der Waals surface area contributed by atoms with Crippen LogP contribution in [0.15, 0.2) is 16.9 Å². The van der Waals surface area contributed by atoms with Crippen molar-refractivity contribution in [3.63, 3.8) is 0 Å². The number of amides is 1. The Morgan fingerprint density at radius 3 is 3.00 bits per heavy atom. The Labute approximate surface area is 121 Å². The highest BCUT2D eigenvalue weighted by atomic mass is 35.5. The number of aryl methyl sites for hydroxylation is 1. The average Bonchev–Trinajstić information content (AvgIpc) is 3.06. The summed E-state index contributed by atoms with van der Waals surface area (Å²) in [5, 5.41) is 11.1. The maximum absolute atomic E-state index is 11.9. The number of aromatic nitrogens is 4. The van der Waals surface area contributed by atoms with Crippen LogP contribution in [0.1, 0.15) is 31.6 Å². The Kier molecular flexibility index (Phi) is 4.73. The predicted octanol–water partition coefficient (Wildman–Crippen LogP) is 1.40. The first kappa shape index (κ1) is 14.5. The van der Waals surface area contributed by atoms with E-state index in [4.69, 9.17) is 16.1 Å². The molecule has 2 aromatic heterocycles. The highest BCUT2D eigenvalue weighted by Gasteiger charge is 2.15. The number of carbonyl (C=O) groups is 1. The zero-order chi connectivity index (χ0) is 14.5. The third kappa shape index (κ3) is 3.57. The number of nitrogens with zero attached hydrogens (tertiary/aromatic N) is 4. The van der Waals surface area contributed by atoms with Crippen molar-refractivity contribution < 1.29 is 9.32 Å². The smallest absolute Gasteiger partial charge is 0.244 e. The largest absolute Gasteiger partial charge is 0.354 e. The lowest BCUT2D eigenvalue weighted by molar-refractivity contribution is -0.124. The van der Waals surface area contributed by atoms with Crippen molar-refractivity contribution in [2.24, 2.45) is 0 Å². The first-order valence-electron chi connectivity index (χ1n) is 6.39. The molecule has 0 aliphatic rings. The van der Waals surface area contributed by atoms with Gasteiger partial charge < -0.3 is 9.84 Å². The molecule has 2 aromatic rings. The van der Waals surface area contributed by atoms with Crippen molar-refractivity contribution >= 4 is 17.5 Å². The van der Waals surface area contributed by atoms with Gasteiger partial charge in [-0.25, -0.2) is 0 Å². The molecular weight excluding hydrogens is 282 g/mol. The zero-order valence-electron chi connectivity index (χ0n) is 11.3. The molecule has 0 spiro atoms. The van der Waals surface area contributed by atoms with Gasteiger partial charge in [0.2, 0.25) is 11.8 Å². The summed E-state index contributed by atoms with van der Waals surface area (Å²) in [5.41, 5.74) is 0. The summed E-state index contributed by atoms with van der Waals surface area (Å²) in [6.07, 6.45) is 4.34. The first-order chi connectivity index (χ1) is 9.60. The van der Waals surface area contributed by atoms with Crippen molar-refractivity contribution in [1.29, 1.82) is 0 Å². The van der Waals surface area contributed by atoms with Crippen LogP contribution in [0.5, 0.6) is 0 Å². The molecule has 1 atom stereocenters. The van der Waals surface area contributed by atoms with Crippen LogP contribution in [0.2, 0.25) is 5.02 Å². The molecule has 0 saturated carbocycles. The maximum atomic E-state index is 11.9.